The van der Waals surface area contributed by atoms with Crippen LogP contribution >= 0.6 is 11.3 Å². The van der Waals surface area contributed by atoms with Gasteiger partial charge in [-0.15, -0.1) is 10.2 Å². The van der Waals surface area contributed by atoms with Crippen molar-refractivity contribution < 1.29 is 4.79 Å². The Bertz CT molecular complexity index is 870. The summed E-state index contributed by atoms with van der Waals surface area (Å²) in [6.45, 7) is 0. The first-order valence-corrected chi connectivity index (χ1v) is 9.58. The quantitative estimate of drug-likeness (QED) is 0.728. The third kappa shape index (κ3) is 3.80. The van der Waals surface area contributed by atoms with Gasteiger partial charge in [0, 0.05) is 23.5 Å². The molecule has 1 aromatic carbocycles. The van der Waals surface area contributed by atoms with Crippen LogP contribution in [0.25, 0.3) is 10.6 Å². The van der Waals surface area contributed by atoms with Crippen LogP contribution in [-0.2, 0) is 0 Å². The molecule has 131 valence electrons. The zero-order chi connectivity index (χ0) is 17.8. The summed E-state index contributed by atoms with van der Waals surface area (Å²) in [4.78, 5) is 16.5. The fraction of sp³-hybridized carbons (Fsp3) is 0.250. The third-order valence-electron chi connectivity index (χ3n) is 4.66. The molecule has 1 aliphatic rings. The molecule has 5 nitrogen and oxygen atoms in total. The van der Waals surface area contributed by atoms with Gasteiger partial charge in [0.1, 0.15) is 5.01 Å². The summed E-state index contributed by atoms with van der Waals surface area (Å²) in [5.41, 5.74) is 2.90. The average Bonchev–Trinajstić information content (AvgIpc) is 3.18. The molecule has 1 N–H and O–H groups in total. The molecule has 4 rings (SSSR count). The molecule has 6 heteroatoms. The maximum absolute atomic E-state index is 12.5. The number of amides is 1. The topological polar surface area (TPSA) is 67.8 Å². The standard InChI is InChI=1S/C20H19N4OS/c25-18(16-8-6-15(7-9-16)14-4-2-1-3-5-14)22-20-24-23-19(26-20)17-10-12-21-13-11-17/h1,6-14H,2-5H2,(H,22,24,25). The van der Waals surface area contributed by atoms with E-state index in [1.807, 2.05) is 24.3 Å². The van der Waals surface area contributed by atoms with Crippen LogP contribution in [0.2, 0.25) is 0 Å². The molecule has 1 fully saturated rings. The zero-order valence-electron chi connectivity index (χ0n) is 14.3. The van der Waals surface area contributed by atoms with Crippen LogP contribution in [0, 0.1) is 6.42 Å². The summed E-state index contributed by atoms with van der Waals surface area (Å²) in [5.74, 6) is 0.453. The van der Waals surface area contributed by atoms with Gasteiger partial charge in [-0.3, -0.25) is 15.1 Å². The van der Waals surface area contributed by atoms with Crippen LogP contribution in [0.5, 0.6) is 0 Å². The normalized spacial score (nSPS) is 14.9. The van der Waals surface area contributed by atoms with Gasteiger partial charge in [0.15, 0.2) is 0 Å². The maximum Gasteiger partial charge on any atom is 0.257 e. The fourth-order valence-corrected chi connectivity index (χ4v) is 3.97. The SMILES string of the molecule is O=C(Nc1nnc(-c2ccncc2)s1)c1ccc(C2CC[CH]CC2)cc1. The Morgan fingerprint density at radius 3 is 2.46 bits per heavy atom. The summed E-state index contributed by atoms with van der Waals surface area (Å²) >= 11 is 1.35. The van der Waals surface area contributed by atoms with Gasteiger partial charge in [-0.2, -0.15) is 0 Å². The Morgan fingerprint density at radius 1 is 1.00 bits per heavy atom. The molecule has 0 atom stereocenters. The van der Waals surface area contributed by atoms with Gasteiger partial charge in [0.2, 0.25) is 5.13 Å². The van der Waals surface area contributed by atoms with Gasteiger partial charge in [-0.1, -0.05) is 23.5 Å². The lowest BCUT2D eigenvalue weighted by molar-refractivity contribution is 0.102. The Morgan fingerprint density at radius 2 is 1.73 bits per heavy atom. The largest absolute Gasteiger partial charge is 0.296 e. The second-order valence-corrected chi connectivity index (χ2v) is 7.34. The second-order valence-electron chi connectivity index (χ2n) is 6.36. The number of carbonyl (C=O) groups is 1. The summed E-state index contributed by atoms with van der Waals surface area (Å²) < 4.78 is 0. The number of benzene rings is 1. The van der Waals surface area contributed by atoms with Crippen LogP contribution in [0.15, 0.2) is 48.8 Å². The lowest BCUT2D eigenvalue weighted by Crippen LogP contribution is -2.12. The minimum Gasteiger partial charge on any atom is -0.296 e. The molecule has 26 heavy (non-hydrogen) atoms. The zero-order valence-corrected chi connectivity index (χ0v) is 15.1. The number of rotatable bonds is 4. The highest BCUT2D eigenvalue weighted by Gasteiger charge is 2.16. The van der Waals surface area contributed by atoms with Crippen LogP contribution in [0.1, 0.15) is 47.5 Å². The van der Waals surface area contributed by atoms with Crippen molar-refractivity contribution in [3.05, 3.63) is 66.3 Å². The van der Waals surface area contributed by atoms with E-state index < -0.39 is 0 Å². The maximum atomic E-state index is 12.5. The van der Waals surface area contributed by atoms with E-state index >= 15 is 0 Å². The number of pyridine rings is 1. The van der Waals surface area contributed by atoms with Crippen LogP contribution < -0.4 is 5.32 Å². The van der Waals surface area contributed by atoms with Crippen molar-refractivity contribution in [2.45, 2.75) is 31.6 Å². The lowest BCUT2D eigenvalue weighted by Gasteiger charge is -2.21. The first-order chi connectivity index (χ1) is 12.8. The third-order valence-corrected chi connectivity index (χ3v) is 5.54. The van der Waals surface area contributed by atoms with E-state index in [4.69, 9.17) is 0 Å². The molecule has 2 aromatic heterocycles. The van der Waals surface area contributed by atoms with Gasteiger partial charge in [0.05, 0.1) is 0 Å². The predicted octanol–water partition coefficient (Wildman–Crippen LogP) is 4.71. The number of aromatic nitrogens is 3. The van der Waals surface area contributed by atoms with Crippen molar-refractivity contribution in [3.63, 3.8) is 0 Å². The second kappa shape index (κ2) is 7.74. The predicted molar refractivity (Wildman–Crippen MR) is 103 cm³/mol. The summed E-state index contributed by atoms with van der Waals surface area (Å²) in [7, 11) is 0. The molecular weight excluding hydrogens is 344 g/mol. The lowest BCUT2D eigenvalue weighted by atomic mass is 9.84. The van der Waals surface area contributed by atoms with E-state index in [1.165, 1.54) is 42.6 Å². The van der Waals surface area contributed by atoms with Crippen molar-refractivity contribution in [3.8, 4) is 10.6 Å². The number of hydrogen-bond acceptors (Lipinski definition) is 5. The molecule has 0 spiro atoms. The number of nitrogens with zero attached hydrogens (tertiary/aromatic N) is 3. The van der Waals surface area contributed by atoms with Gasteiger partial charge >= 0.3 is 0 Å². The van der Waals surface area contributed by atoms with Gasteiger partial charge in [0.25, 0.3) is 5.91 Å². The van der Waals surface area contributed by atoms with Crippen molar-refractivity contribution in [2.24, 2.45) is 0 Å². The molecule has 0 unspecified atom stereocenters. The summed E-state index contributed by atoms with van der Waals surface area (Å²) in [5, 5.41) is 12.3. The number of carbonyl (C=O) groups excluding carboxylic acids is 1. The molecular formula is C20H19N4OS. The summed E-state index contributed by atoms with van der Waals surface area (Å²) in [6, 6.07) is 11.7. The molecule has 1 aliphatic carbocycles. The van der Waals surface area contributed by atoms with E-state index in [0.29, 0.717) is 16.6 Å². The van der Waals surface area contributed by atoms with E-state index in [9.17, 15) is 4.79 Å². The van der Waals surface area contributed by atoms with Gasteiger partial charge in [-0.05, 0) is 67.9 Å². The molecule has 1 saturated carbocycles. The molecule has 0 aliphatic heterocycles. The smallest absolute Gasteiger partial charge is 0.257 e. The first-order valence-electron chi connectivity index (χ1n) is 8.76. The van der Waals surface area contributed by atoms with Crippen molar-refractivity contribution in [1.82, 2.24) is 15.2 Å². The highest BCUT2D eigenvalue weighted by atomic mass is 32.1. The highest BCUT2D eigenvalue weighted by molar-refractivity contribution is 7.18. The Balaban J connectivity index is 1.42. The van der Waals surface area contributed by atoms with Crippen LogP contribution in [0.4, 0.5) is 5.13 Å². The first kappa shape index (κ1) is 16.8. The van der Waals surface area contributed by atoms with Crippen molar-refractivity contribution >= 4 is 22.4 Å². The molecule has 1 radical (unpaired) electrons. The highest BCUT2D eigenvalue weighted by Crippen LogP contribution is 2.32. The molecule has 3 aromatic rings. The Hall–Kier alpha value is -2.60. The van der Waals surface area contributed by atoms with Crippen molar-refractivity contribution in [1.29, 1.82) is 0 Å². The van der Waals surface area contributed by atoms with E-state index in [0.717, 1.165) is 10.6 Å². The molecule has 1 amide bonds. The number of anilines is 1. The van der Waals surface area contributed by atoms with Gasteiger partial charge < -0.3 is 0 Å². The van der Waals surface area contributed by atoms with Crippen LogP contribution in [0.3, 0.4) is 0 Å². The average molecular weight is 363 g/mol. The molecule has 2 heterocycles. The molecule has 0 bridgehead atoms. The summed E-state index contributed by atoms with van der Waals surface area (Å²) in [6.07, 6.45) is 10.6. The minimum absolute atomic E-state index is 0.161. The monoisotopic (exact) mass is 363 g/mol. The van der Waals surface area contributed by atoms with Crippen molar-refractivity contribution in [2.75, 3.05) is 5.32 Å². The molecule has 0 saturated heterocycles. The van der Waals surface area contributed by atoms with E-state index in [2.05, 4.69) is 39.1 Å². The van der Waals surface area contributed by atoms with Gasteiger partial charge in [-0.25, -0.2) is 0 Å². The number of hydrogen-bond donors (Lipinski definition) is 1. The number of nitrogens with one attached hydrogen (secondary N) is 1. The van der Waals surface area contributed by atoms with E-state index in [-0.39, 0.29) is 5.91 Å². The Labute approximate surface area is 156 Å². The minimum atomic E-state index is -0.161. The fourth-order valence-electron chi connectivity index (χ4n) is 3.22. The Kier molecular flexibility index (Phi) is 5.02. The van der Waals surface area contributed by atoms with E-state index in [1.54, 1.807) is 12.4 Å². The van der Waals surface area contributed by atoms with Crippen LogP contribution in [-0.4, -0.2) is 21.1 Å².